The minimum absolute atomic E-state index is 0.291. The first-order valence-corrected chi connectivity index (χ1v) is 10.2. The molecule has 0 radical (unpaired) electrons. The van der Waals surface area contributed by atoms with Gasteiger partial charge in [-0.2, -0.15) is 0 Å². The van der Waals surface area contributed by atoms with Gasteiger partial charge >= 0.3 is 0 Å². The molecule has 27 heavy (non-hydrogen) atoms. The van der Waals surface area contributed by atoms with Gasteiger partial charge in [-0.3, -0.25) is 14.6 Å². The van der Waals surface area contributed by atoms with Crippen molar-refractivity contribution in [3.05, 3.63) is 29.8 Å². The predicted octanol–water partition coefficient (Wildman–Crippen LogP) is 1.16. The van der Waals surface area contributed by atoms with Gasteiger partial charge in [0, 0.05) is 78.6 Å². The number of morpholine rings is 1. The van der Waals surface area contributed by atoms with Gasteiger partial charge in [-0.1, -0.05) is 12.1 Å². The number of aryl methyl sites for hydroxylation is 1. The second kappa shape index (κ2) is 10.1. The number of carbonyl (C=O) groups excluding carboxylic acids is 1. The normalized spacial score (nSPS) is 19.3. The first-order chi connectivity index (χ1) is 13.1. The summed E-state index contributed by atoms with van der Waals surface area (Å²) in [6, 6.07) is 8.50. The number of amides is 1. The maximum Gasteiger partial charge on any atom is 0.222 e. The summed E-state index contributed by atoms with van der Waals surface area (Å²) in [5, 5.41) is 0. The van der Waals surface area contributed by atoms with E-state index in [1.807, 2.05) is 19.0 Å². The average molecular weight is 375 g/mol. The van der Waals surface area contributed by atoms with Gasteiger partial charge < -0.3 is 14.5 Å². The van der Waals surface area contributed by atoms with Crippen LogP contribution in [0.5, 0.6) is 0 Å². The lowest BCUT2D eigenvalue weighted by molar-refractivity contribution is -0.132. The Kier molecular flexibility index (Phi) is 7.50. The zero-order chi connectivity index (χ0) is 19.1. The maximum absolute atomic E-state index is 12.5. The molecule has 0 atom stereocenters. The monoisotopic (exact) mass is 374 g/mol. The van der Waals surface area contributed by atoms with Crippen LogP contribution >= 0.6 is 0 Å². The van der Waals surface area contributed by atoms with Crippen molar-refractivity contribution in [2.24, 2.45) is 0 Å². The number of piperazine rings is 1. The van der Waals surface area contributed by atoms with E-state index in [-0.39, 0.29) is 0 Å². The van der Waals surface area contributed by atoms with Crippen LogP contribution in [0, 0.1) is 0 Å². The van der Waals surface area contributed by atoms with Crippen molar-refractivity contribution < 1.29 is 9.53 Å². The zero-order valence-corrected chi connectivity index (χ0v) is 16.9. The van der Waals surface area contributed by atoms with Gasteiger partial charge in [-0.25, -0.2) is 0 Å². The molecule has 6 heteroatoms. The molecule has 0 N–H and O–H groups in total. The highest BCUT2D eigenvalue weighted by molar-refractivity contribution is 5.76. The molecule has 6 nitrogen and oxygen atoms in total. The van der Waals surface area contributed by atoms with E-state index in [2.05, 4.69) is 39.0 Å². The summed E-state index contributed by atoms with van der Waals surface area (Å²) in [5.74, 6) is 0.291. The van der Waals surface area contributed by atoms with Crippen molar-refractivity contribution in [2.75, 3.05) is 84.6 Å². The van der Waals surface area contributed by atoms with Crippen LogP contribution in [-0.2, 0) is 16.0 Å². The highest BCUT2D eigenvalue weighted by Gasteiger charge is 2.21. The summed E-state index contributed by atoms with van der Waals surface area (Å²) in [6.45, 7) is 9.74. The molecule has 150 valence electrons. The largest absolute Gasteiger partial charge is 0.379 e. The summed E-state index contributed by atoms with van der Waals surface area (Å²) in [7, 11) is 4.08. The third-order valence-electron chi connectivity index (χ3n) is 5.64. The van der Waals surface area contributed by atoms with Crippen LogP contribution in [0.25, 0.3) is 0 Å². The lowest BCUT2D eigenvalue weighted by atomic mass is 10.1. The second-order valence-electron chi connectivity index (χ2n) is 7.74. The number of anilines is 1. The molecule has 1 amide bonds. The number of carbonyl (C=O) groups is 1. The molecule has 1 aromatic carbocycles. The van der Waals surface area contributed by atoms with Gasteiger partial charge in [0.05, 0.1) is 13.2 Å². The van der Waals surface area contributed by atoms with Crippen molar-refractivity contribution in [3.63, 3.8) is 0 Å². The smallest absolute Gasteiger partial charge is 0.222 e. The standard InChI is InChI=1S/C21H34N4O2/c1-22(2)20-6-3-19(4-7-20)5-8-21(26)25-13-11-23(12-14-25)9-10-24-15-17-27-18-16-24/h3-4,6-7H,5,8-18H2,1-2H3. The molecule has 3 rings (SSSR count). The van der Waals surface area contributed by atoms with Crippen molar-refractivity contribution >= 4 is 11.6 Å². The Morgan fingerprint density at radius 1 is 0.926 bits per heavy atom. The number of ether oxygens (including phenoxy) is 1. The van der Waals surface area contributed by atoms with E-state index in [1.165, 1.54) is 11.3 Å². The van der Waals surface area contributed by atoms with Gasteiger partial charge in [0.15, 0.2) is 0 Å². The van der Waals surface area contributed by atoms with Crippen LogP contribution < -0.4 is 4.90 Å². The molecular formula is C21H34N4O2. The minimum atomic E-state index is 0.291. The van der Waals surface area contributed by atoms with Crippen LogP contribution in [0.4, 0.5) is 5.69 Å². The molecule has 1 aromatic rings. The number of nitrogens with zero attached hydrogens (tertiary/aromatic N) is 4. The van der Waals surface area contributed by atoms with Gasteiger partial charge in [-0.05, 0) is 24.1 Å². The highest BCUT2D eigenvalue weighted by atomic mass is 16.5. The fourth-order valence-corrected chi connectivity index (χ4v) is 3.70. The number of benzene rings is 1. The zero-order valence-electron chi connectivity index (χ0n) is 16.9. The van der Waals surface area contributed by atoms with Crippen LogP contribution in [0.1, 0.15) is 12.0 Å². The summed E-state index contributed by atoms with van der Waals surface area (Å²) < 4.78 is 5.40. The lowest BCUT2D eigenvalue weighted by Gasteiger charge is -2.36. The molecule has 2 saturated heterocycles. The summed E-state index contributed by atoms with van der Waals surface area (Å²) in [5.41, 5.74) is 2.43. The number of hydrogen-bond donors (Lipinski definition) is 0. The fraction of sp³-hybridized carbons (Fsp3) is 0.667. The molecular weight excluding hydrogens is 340 g/mol. The molecule has 0 aliphatic carbocycles. The predicted molar refractivity (Wildman–Crippen MR) is 109 cm³/mol. The van der Waals surface area contributed by atoms with E-state index in [1.54, 1.807) is 0 Å². The molecule has 0 saturated carbocycles. The van der Waals surface area contributed by atoms with Crippen LogP contribution in [0.2, 0.25) is 0 Å². The number of rotatable bonds is 7. The second-order valence-corrected chi connectivity index (χ2v) is 7.74. The van der Waals surface area contributed by atoms with Crippen LogP contribution in [0.15, 0.2) is 24.3 Å². The van der Waals surface area contributed by atoms with Crippen molar-refractivity contribution in [1.29, 1.82) is 0 Å². The Labute approximate surface area is 163 Å². The van der Waals surface area contributed by atoms with E-state index in [9.17, 15) is 4.79 Å². The minimum Gasteiger partial charge on any atom is -0.379 e. The third kappa shape index (κ3) is 6.19. The Bertz CT molecular complexity index is 576. The van der Waals surface area contributed by atoms with Gasteiger partial charge in [0.25, 0.3) is 0 Å². The molecule has 2 fully saturated rings. The Balaban J connectivity index is 1.34. The molecule has 0 unspecified atom stereocenters. The summed E-state index contributed by atoms with van der Waals surface area (Å²) >= 11 is 0. The topological polar surface area (TPSA) is 39.3 Å². The third-order valence-corrected chi connectivity index (χ3v) is 5.64. The van der Waals surface area contributed by atoms with Gasteiger partial charge in [-0.15, -0.1) is 0 Å². The molecule has 2 heterocycles. The van der Waals surface area contributed by atoms with Gasteiger partial charge in [0.1, 0.15) is 0 Å². The first-order valence-electron chi connectivity index (χ1n) is 10.2. The van der Waals surface area contributed by atoms with E-state index < -0.39 is 0 Å². The van der Waals surface area contributed by atoms with Gasteiger partial charge in [0.2, 0.25) is 5.91 Å². The molecule has 0 aromatic heterocycles. The number of hydrogen-bond acceptors (Lipinski definition) is 5. The summed E-state index contributed by atoms with van der Waals surface area (Å²) in [4.78, 5) is 21.6. The maximum atomic E-state index is 12.5. The van der Waals surface area contributed by atoms with Crippen molar-refractivity contribution in [2.45, 2.75) is 12.8 Å². The lowest BCUT2D eigenvalue weighted by Crippen LogP contribution is -2.51. The average Bonchev–Trinajstić information content (AvgIpc) is 2.72. The quantitative estimate of drug-likeness (QED) is 0.716. The Morgan fingerprint density at radius 2 is 1.52 bits per heavy atom. The molecule has 0 bridgehead atoms. The molecule has 2 aliphatic heterocycles. The van der Waals surface area contributed by atoms with Crippen molar-refractivity contribution in [3.8, 4) is 0 Å². The molecule has 0 spiro atoms. The highest BCUT2D eigenvalue weighted by Crippen LogP contribution is 2.14. The van der Waals surface area contributed by atoms with Crippen LogP contribution in [-0.4, -0.2) is 100 Å². The fourth-order valence-electron chi connectivity index (χ4n) is 3.70. The Morgan fingerprint density at radius 3 is 2.11 bits per heavy atom. The SMILES string of the molecule is CN(C)c1ccc(CCC(=O)N2CCN(CCN3CCOCC3)CC2)cc1. The van der Waals surface area contributed by atoms with Crippen molar-refractivity contribution in [1.82, 2.24) is 14.7 Å². The summed E-state index contributed by atoms with van der Waals surface area (Å²) in [6.07, 6.45) is 1.43. The molecule has 2 aliphatic rings. The van der Waals surface area contributed by atoms with E-state index in [4.69, 9.17) is 4.74 Å². The first kappa shape index (κ1) is 20.1. The van der Waals surface area contributed by atoms with E-state index >= 15 is 0 Å². The van der Waals surface area contributed by atoms with Crippen LogP contribution in [0.3, 0.4) is 0 Å². The Hall–Kier alpha value is -1.63. The van der Waals surface area contributed by atoms with E-state index in [0.717, 1.165) is 72.0 Å². The van der Waals surface area contributed by atoms with E-state index in [0.29, 0.717) is 12.3 Å².